The predicted octanol–water partition coefficient (Wildman–Crippen LogP) is 4.27. The summed E-state index contributed by atoms with van der Waals surface area (Å²) in [6.45, 7) is 4.03. The minimum absolute atomic E-state index is 0.0561. The van der Waals surface area contributed by atoms with Crippen LogP contribution < -0.4 is 9.47 Å². The maximum atomic E-state index is 13.0. The lowest BCUT2D eigenvalue weighted by atomic mass is 10.2. The van der Waals surface area contributed by atoms with Crippen molar-refractivity contribution in [1.29, 1.82) is 0 Å². The molecule has 0 aliphatic heterocycles. The number of esters is 1. The summed E-state index contributed by atoms with van der Waals surface area (Å²) in [5, 5.41) is 0. The third-order valence-electron chi connectivity index (χ3n) is 4.92. The minimum Gasteiger partial charge on any atom is -0.495 e. The molecule has 1 heterocycles. The Kier molecular flexibility index (Phi) is 8.02. The first-order valence-corrected chi connectivity index (χ1v) is 11.9. The summed E-state index contributed by atoms with van der Waals surface area (Å²) >= 11 is 0. The first-order chi connectivity index (χ1) is 15.9. The number of benzene rings is 2. The number of aromatic nitrogens is 1. The molecule has 1 aromatic heterocycles. The van der Waals surface area contributed by atoms with Gasteiger partial charge >= 0.3 is 5.97 Å². The standard InChI is InChI=1S/C24H26N2O6S/c1-4-26(5-2)33(28,29)23-15-18(12-13-22(23)30-3)24(27)31-17-19-9-6-7-11-21(19)32-20-10-8-14-25-16-20/h6-16H,4-5,17H2,1-3H3. The van der Waals surface area contributed by atoms with Crippen LogP contribution in [0.5, 0.6) is 17.2 Å². The number of nitrogens with zero attached hydrogens (tertiary/aromatic N) is 2. The summed E-state index contributed by atoms with van der Waals surface area (Å²) in [5.74, 6) is 0.578. The second-order valence-electron chi connectivity index (χ2n) is 6.93. The second kappa shape index (κ2) is 10.9. The van der Waals surface area contributed by atoms with Crippen LogP contribution in [0.3, 0.4) is 0 Å². The highest BCUT2D eigenvalue weighted by Crippen LogP contribution is 2.29. The molecule has 0 aliphatic carbocycles. The van der Waals surface area contributed by atoms with Crippen LogP contribution in [0, 0.1) is 0 Å². The molecular formula is C24H26N2O6S. The van der Waals surface area contributed by atoms with Gasteiger partial charge in [-0.3, -0.25) is 4.98 Å². The first-order valence-electron chi connectivity index (χ1n) is 10.4. The van der Waals surface area contributed by atoms with E-state index >= 15 is 0 Å². The number of methoxy groups -OCH3 is 1. The first kappa shape index (κ1) is 24.2. The molecule has 0 spiro atoms. The van der Waals surface area contributed by atoms with E-state index < -0.39 is 16.0 Å². The van der Waals surface area contributed by atoms with Crippen molar-refractivity contribution >= 4 is 16.0 Å². The number of para-hydroxylation sites is 1. The van der Waals surface area contributed by atoms with Crippen LogP contribution in [0.25, 0.3) is 0 Å². The van der Waals surface area contributed by atoms with Gasteiger partial charge in [0.05, 0.1) is 18.9 Å². The van der Waals surface area contributed by atoms with Gasteiger partial charge in [0.15, 0.2) is 0 Å². The van der Waals surface area contributed by atoms with Crippen molar-refractivity contribution < 1.29 is 27.4 Å². The molecule has 0 saturated carbocycles. The van der Waals surface area contributed by atoms with Crippen LogP contribution in [0.1, 0.15) is 29.8 Å². The monoisotopic (exact) mass is 470 g/mol. The Hall–Kier alpha value is -3.43. The highest BCUT2D eigenvalue weighted by atomic mass is 32.2. The fourth-order valence-corrected chi connectivity index (χ4v) is 4.83. The van der Waals surface area contributed by atoms with Crippen molar-refractivity contribution in [2.75, 3.05) is 20.2 Å². The van der Waals surface area contributed by atoms with Crippen LogP contribution in [-0.2, 0) is 21.4 Å². The van der Waals surface area contributed by atoms with Crippen LogP contribution >= 0.6 is 0 Å². The lowest BCUT2D eigenvalue weighted by Gasteiger charge is -2.20. The summed E-state index contributed by atoms with van der Waals surface area (Å²) < 4.78 is 43.9. The SMILES string of the molecule is CCN(CC)S(=O)(=O)c1cc(C(=O)OCc2ccccc2Oc2cccnc2)ccc1OC. The number of hydrogen-bond acceptors (Lipinski definition) is 7. The Morgan fingerprint density at radius 2 is 1.76 bits per heavy atom. The fourth-order valence-electron chi connectivity index (χ4n) is 3.19. The molecule has 0 unspecified atom stereocenters. The molecule has 0 saturated heterocycles. The van der Waals surface area contributed by atoms with Crippen molar-refractivity contribution in [3.63, 3.8) is 0 Å². The van der Waals surface area contributed by atoms with Gasteiger partial charge in [-0.2, -0.15) is 4.31 Å². The topological polar surface area (TPSA) is 95.0 Å². The van der Waals surface area contributed by atoms with Gasteiger partial charge < -0.3 is 14.2 Å². The average molecular weight is 471 g/mol. The van der Waals surface area contributed by atoms with E-state index in [1.165, 1.54) is 29.6 Å². The highest BCUT2D eigenvalue weighted by Gasteiger charge is 2.27. The quantitative estimate of drug-likeness (QED) is 0.408. The van der Waals surface area contributed by atoms with Gasteiger partial charge in [0.25, 0.3) is 0 Å². The van der Waals surface area contributed by atoms with Gasteiger partial charge in [-0.05, 0) is 36.4 Å². The molecule has 0 N–H and O–H groups in total. The van der Waals surface area contributed by atoms with Gasteiger partial charge in [0.1, 0.15) is 28.8 Å². The number of sulfonamides is 1. The number of carbonyl (C=O) groups is 1. The van der Waals surface area contributed by atoms with Gasteiger partial charge in [0.2, 0.25) is 10.0 Å². The molecule has 3 aromatic rings. The van der Waals surface area contributed by atoms with Crippen molar-refractivity contribution in [2.45, 2.75) is 25.3 Å². The number of hydrogen-bond donors (Lipinski definition) is 0. The summed E-state index contributed by atoms with van der Waals surface area (Å²) in [4.78, 5) is 16.7. The lowest BCUT2D eigenvalue weighted by Crippen LogP contribution is -2.31. The Bertz CT molecular complexity index is 1190. The maximum absolute atomic E-state index is 13.0. The van der Waals surface area contributed by atoms with Crippen molar-refractivity contribution in [3.05, 3.63) is 78.1 Å². The summed E-state index contributed by atoms with van der Waals surface area (Å²) in [5.41, 5.74) is 0.756. The summed E-state index contributed by atoms with van der Waals surface area (Å²) in [6.07, 6.45) is 3.22. The number of carbonyl (C=O) groups excluding carboxylic acids is 1. The Morgan fingerprint density at radius 3 is 2.42 bits per heavy atom. The zero-order valence-electron chi connectivity index (χ0n) is 18.7. The molecule has 174 valence electrons. The Labute approximate surface area is 193 Å². The van der Waals surface area contributed by atoms with Crippen molar-refractivity contribution in [3.8, 4) is 17.2 Å². The van der Waals surface area contributed by atoms with E-state index in [4.69, 9.17) is 14.2 Å². The molecule has 8 nitrogen and oxygen atoms in total. The third kappa shape index (κ3) is 5.68. The van der Waals surface area contributed by atoms with Gasteiger partial charge in [-0.25, -0.2) is 13.2 Å². The van der Waals surface area contributed by atoms with Gasteiger partial charge in [-0.1, -0.05) is 32.0 Å². The summed E-state index contributed by atoms with van der Waals surface area (Å²) in [6, 6.07) is 14.9. The molecule has 3 rings (SSSR count). The molecule has 33 heavy (non-hydrogen) atoms. The normalized spacial score (nSPS) is 11.3. The zero-order chi connectivity index (χ0) is 23.8. The molecule has 0 radical (unpaired) electrons. The van der Waals surface area contributed by atoms with E-state index in [2.05, 4.69) is 4.98 Å². The molecular weight excluding hydrogens is 444 g/mol. The molecule has 2 aromatic carbocycles. The van der Waals surface area contributed by atoms with E-state index in [-0.39, 0.29) is 22.8 Å². The zero-order valence-corrected chi connectivity index (χ0v) is 19.5. The third-order valence-corrected chi connectivity index (χ3v) is 6.99. The molecule has 0 aliphatic rings. The van der Waals surface area contributed by atoms with E-state index in [1.54, 1.807) is 56.6 Å². The largest absolute Gasteiger partial charge is 0.495 e. The van der Waals surface area contributed by atoms with Crippen LogP contribution in [0.2, 0.25) is 0 Å². The smallest absolute Gasteiger partial charge is 0.338 e. The number of rotatable bonds is 10. The van der Waals surface area contributed by atoms with E-state index in [0.717, 1.165) is 0 Å². The molecule has 0 fully saturated rings. The summed E-state index contributed by atoms with van der Waals surface area (Å²) in [7, 11) is -2.45. The minimum atomic E-state index is -3.83. The van der Waals surface area contributed by atoms with Gasteiger partial charge in [0, 0.05) is 24.8 Å². The van der Waals surface area contributed by atoms with Gasteiger partial charge in [-0.15, -0.1) is 0 Å². The van der Waals surface area contributed by atoms with E-state index in [9.17, 15) is 13.2 Å². The average Bonchev–Trinajstić information content (AvgIpc) is 2.84. The van der Waals surface area contributed by atoms with E-state index in [1.807, 2.05) is 6.07 Å². The van der Waals surface area contributed by atoms with Crippen molar-refractivity contribution in [2.24, 2.45) is 0 Å². The van der Waals surface area contributed by atoms with Crippen LogP contribution in [0.15, 0.2) is 71.9 Å². The molecule has 0 bridgehead atoms. The predicted molar refractivity (Wildman–Crippen MR) is 123 cm³/mol. The Morgan fingerprint density at radius 1 is 1.00 bits per heavy atom. The van der Waals surface area contributed by atoms with Crippen LogP contribution in [0.4, 0.5) is 0 Å². The maximum Gasteiger partial charge on any atom is 0.338 e. The van der Waals surface area contributed by atoms with Crippen molar-refractivity contribution in [1.82, 2.24) is 9.29 Å². The second-order valence-corrected chi connectivity index (χ2v) is 8.84. The number of pyridine rings is 1. The van der Waals surface area contributed by atoms with E-state index in [0.29, 0.717) is 30.2 Å². The van der Waals surface area contributed by atoms with Crippen LogP contribution in [-0.4, -0.2) is 43.9 Å². The molecule has 0 atom stereocenters. The molecule has 9 heteroatoms. The number of ether oxygens (including phenoxy) is 3. The lowest BCUT2D eigenvalue weighted by molar-refractivity contribution is 0.0470. The fraction of sp³-hybridized carbons (Fsp3) is 0.250. The highest BCUT2D eigenvalue weighted by molar-refractivity contribution is 7.89. The Balaban J connectivity index is 1.81. The molecule has 0 amide bonds.